The Kier molecular flexibility index (Phi) is 4.08. The van der Waals surface area contributed by atoms with E-state index in [0.29, 0.717) is 16.6 Å². The van der Waals surface area contributed by atoms with Crippen LogP contribution in [0.3, 0.4) is 0 Å². The van der Waals surface area contributed by atoms with Crippen LogP contribution in [0.25, 0.3) is 0 Å². The molecule has 0 bridgehead atoms. The first-order chi connectivity index (χ1) is 7.06. The van der Waals surface area contributed by atoms with Crippen molar-refractivity contribution in [1.82, 2.24) is 9.88 Å². The molecule has 0 fully saturated rings. The highest BCUT2D eigenvalue weighted by atomic mass is 79.9. The molecule has 1 aromatic heterocycles. The Balaban J connectivity index is 2.96. The molecule has 5 heteroatoms. The molecule has 1 aromatic rings. The third-order valence-electron chi connectivity index (χ3n) is 1.94. The number of hydrogen-bond donors (Lipinski definition) is 1. The Hall–Kier alpha value is -1.10. The largest absolute Gasteiger partial charge is 0.352 e. The second-order valence-electron chi connectivity index (χ2n) is 3.25. The lowest BCUT2D eigenvalue weighted by Gasteiger charge is -2.05. The zero-order chi connectivity index (χ0) is 11.4. The standard InChI is InChI=1S/C10H13BrN2O2/c1-3-4-12-9(14)7-5-8(11)10(15)13(2)6-7/h5-6H,3-4H2,1-2H3,(H,12,14). The molecule has 0 aliphatic rings. The summed E-state index contributed by atoms with van der Waals surface area (Å²) in [6, 6.07) is 1.54. The topological polar surface area (TPSA) is 51.1 Å². The van der Waals surface area contributed by atoms with Crippen molar-refractivity contribution in [2.45, 2.75) is 13.3 Å². The van der Waals surface area contributed by atoms with Gasteiger partial charge in [0, 0.05) is 19.8 Å². The van der Waals surface area contributed by atoms with Crippen LogP contribution < -0.4 is 10.9 Å². The van der Waals surface area contributed by atoms with Gasteiger partial charge in [-0.25, -0.2) is 0 Å². The molecule has 1 N–H and O–H groups in total. The molecule has 0 atom stereocenters. The van der Waals surface area contributed by atoms with Crippen molar-refractivity contribution in [2.75, 3.05) is 6.54 Å². The molecular weight excluding hydrogens is 260 g/mol. The molecule has 1 heterocycles. The molecule has 0 radical (unpaired) electrons. The first kappa shape index (κ1) is 12.0. The van der Waals surface area contributed by atoms with E-state index in [1.54, 1.807) is 7.05 Å². The molecule has 0 aliphatic carbocycles. The SMILES string of the molecule is CCCNC(=O)c1cc(Br)c(=O)n(C)c1. The Morgan fingerprint density at radius 1 is 1.60 bits per heavy atom. The smallest absolute Gasteiger partial charge is 0.264 e. The lowest BCUT2D eigenvalue weighted by Crippen LogP contribution is -2.26. The van der Waals surface area contributed by atoms with Gasteiger partial charge in [-0.3, -0.25) is 9.59 Å². The number of carbonyl (C=O) groups is 1. The van der Waals surface area contributed by atoms with Crippen LogP contribution in [-0.4, -0.2) is 17.0 Å². The van der Waals surface area contributed by atoms with Gasteiger partial charge in [-0.05, 0) is 28.4 Å². The summed E-state index contributed by atoms with van der Waals surface area (Å²) in [4.78, 5) is 22.9. The normalized spacial score (nSPS) is 10.1. The minimum absolute atomic E-state index is 0.151. The highest BCUT2D eigenvalue weighted by Gasteiger charge is 2.08. The summed E-state index contributed by atoms with van der Waals surface area (Å²) in [7, 11) is 1.61. The van der Waals surface area contributed by atoms with Gasteiger partial charge in [0.1, 0.15) is 0 Å². The summed E-state index contributed by atoms with van der Waals surface area (Å²) in [6.45, 7) is 2.62. The third kappa shape index (κ3) is 2.92. The summed E-state index contributed by atoms with van der Waals surface area (Å²) < 4.78 is 1.78. The van der Waals surface area contributed by atoms with E-state index in [4.69, 9.17) is 0 Å². The highest BCUT2D eigenvalue weighted by Crippen LogP contribution is 2.06. The number of nitrogens with one attached hydrogen (secondary N) is 1. The maximum atomic E-state index is 11.6. The number of amides is 1. The van der Waals surface area contributed by atoms with Crippen LogP contribution in [0.4, 0.5) is 0 Å². The number of nitrogens with zero attached hydrogens (tertiary/aromatic N) is 1. The predicted octanol–water partition coefficient (Wildman–Crippen LogP) is 1.29. The molecule has 15 heavy (non-hydrogen) atoms. The van der Waals surface area contributed by atoms with E-state index >= 15 is 0 Å². The third-order valence-corrected chi connectivity index (χ3v) is 2.51. The van der Waals surface area contributed by atoms with Crippen molar-refractivity contribution in [1.29, 1.82) is 0 Å². The first-order valence-electron chi connectivity index (χ1n) is 4.70. The molecule has 0 unspecified atom stereocenters. The number of aryl methyl sites for hydroxylation is 1. The van der Waals surface area contributed by atoms with E-state index in [9.17, 15) is 9.59 Å². The van der Waals surface area contributed by atoms with E-state index in [-0.39, 0.29) is 11.5 Å². The van der Waals surface area contributed by atoms with Crippen LogP contribution in [0.5, 0.6) is 0 Å². The minimum atomic E-state index is -0.159. The summed E-state index contributed by atoms with van der Waals surface area (Å²) in [5.74, 6) is -0.159. The van der Waals surface area contributed by atoms with Gasteiger partial charge in [0.15, 0.2) is 0 Å². The van der Waals surface area contributed by atoms with Crippen molar-refractivity contribution in [2.24, 2.45) is 7.05 Å². The Morgan fingerprint density at radius 3 is 2.80 bits per heavy atom. The fourth-order valence-electron chi connectivity index (χ4n) is 1.14. The minimum Gasteiger partial charge on any atom is -0.352 e. The van der Waals surface area contributed by atoms with Crippen molar-refractivity contribution in [3.63, 3.8) is 0 Å². The van der Waals surface area contributed by atoms with Crippen molar-refractivity contribution in [3.8, 4) is 0 Å². The fourth-order valence-corrected chi connectivity index (χ4v) is 1.66. The summed E-state index contributed by atoms with van der Waals surface area (Å²) in [5.41, 5.74) is 0.333. The molecular formula is C10H13BrN2O2. The lowest BCUT2D eigenvalue weighted by molar-refractivity contribution is 0.0953. The van der Waals surface area contributed by atoms with Crippen molar-refractivity contribution >= 4 is 21.8 Å². The van der Waals surface area contributed by atoms with E-state index in [1.807, 2.05) is 6.92 Å². The molecule has 82 valence electrons. The monoisotopic (exact) mass is 272 g/mol. The quantitative estimate of drug-likeness (QED) is 0.902. The lowest BCUT2D eigenvalue weighted by atomic mass is 10.2. The zero-order valence-corrected chi connectivity index (χ0v) is 10.3. The van der Waals surface area contributed by atoms with Gasteiger partial charge < -0.3 is 9.88 Å². The van der Waals surface area contributed by atoms with Crippen molar-refractivity contribution in [3.05, 3.63) is 32.7 Å². The molecule has 1 amide bonds. The van der Waals surface area contributed by atoms with Gasteiger partial charge in [0.25, 0.3) is 11.5 Å². The maximum absolute atomic E-state index is 11.6. The molecule has 0 aromatic carbocycles. The van der Waals surface area contributed by atoms with Gasteiger partial charge in [0.2, 0.25) is 0 Å². The fraction of sp³-hybridized carbons (Fsp3) is 0.400. The average molecular weight is 273 g/mol. The second kappa shape index (κ2) is 5.11. The van der Waals surface area contributed by atoms with Gasteiger partial charge in [-0.2, -0.15) is 0 Å². The Labute approximate surface area is 96.4 Å². The molecule has 4 nitrogen and oxygen atoms in total. The molecule has 0 aliphatic heterocycles. The number of halogens is 1. The van der Waals surface area contributed by atoms with Crippen LogP contribution in [0.1, 0.15) is 23.7 Å². The number of rotatable bonds is 3. The van der Waals surface area contributed by atoms with Crippen LogP contribution in [-0.2, 0) is 7.05 Å². The van der Waals surface area contributed by atoms with Gasteiger partial charge >= 0.3 is 0 Å². The molecule has 0 saturated heterocycles. The molecule has 0 spiro atoms. The van der Waals surface area contributed by atoms with Crippen LogP contribution in [0.2, 0.25) is 0 Å². The van der Waals surface area contributed by atoms with Crippen LogP contribution in [0.15, 0.2) is 21.5 Å². The molecule has 0 saturated carbocycles. The number of aromatic nitrogens is 1. The van der Waals surface area contributed by atoms with E-state index in [0.717, 1.165) is 6.42 Å². The number of carbonyl (C=O) groups excluding carboxylic acids is 1. The van der Waals surface area contributed by atoms with Gasteiger partial charge in [-0.15, -0.1) is 0 Å². The van der Waals surface area contributed by atoms with Crippen LogP contribution in [0, 0.1) is 0 Å². The van der Waals surface area contributed by atoms with Gasteiger partial charge in [0.05, 0.1) is 10.0 Å². The highest BCUT2D eigenvalue weighted by molar-refractivity contribution is 9.10. The van der Waals surface area contributed by atoms with Crippen LogP contribution >= 0.6 is 15.9 Å². The zero-order valence-electron chi connectivity index (χ0n) is 8.71. The van der Waals surface area contributed by atoms with E-state index in [1.165, 1.54) is 16.8 Å². The second-order valence-corrected chi connectivity index (χ2v) is 4.10. The van der Waals surface area contributed by atoms with E-state index in [2.05, 4.69) is 21.2 Å². The van der Waals surface area contributed by atoms with Crippen molar-refractivity contribution < 1.29 is 4.79 Å². The average Bonchev–Trinajstić information content (AvgIpc) is 2.21. The van der Waals surface area contributed by atoms with E-state index < -0.39 is 0 Å². The Morgan fingerprint density at radius 2 is 2.27 bits per heavy atom. The predicted molar refractivity (Wildman–Crippen MR) is 62.0 cm³/mol. The first-order valence-corrected chi connectivity index (χ1v) is 5.50. The molecule has 1 rings (SSSR count). The summed E-state index contributed by atoms with van der Waals surface area (Å²) in [5, 5.41) is 2.75. The van der Waals surface area contributed by atoms with Gasteiger partial charge in [-0.1, -0.05) is 6.92 Å². The summed E-state index contributed by atoms with van der Waals surface area (Å²) >= 11 is 3.12. The Bertz CT molecular complexity index is 400. The number of hydrogen-bond acceptors (Lipinski definition) is 2. The maximum Gasteiger partial charge on any atom is 0.264 e. The number of pyridine rings is 1. The summed E-state index contributed by atoms with van der Waals surface area (Å²) in [6.07, 6.45) is 2.41.